The first kappa shape index (κ1) is 23.5. The van der Waals surface area contributed by atoms with Gasteiger partial charge in [0.25, 0.3) is 25.7 Å². The fourth-order valence-corrected chi connectivity index (χ4v) is 6.56. The van der Waals surface area contributed by atoms with E-state index in [2.05, 4.69) is 4.72 Å². The van der Waals surface area contributed by atoms with Crippen molar-refractivity contribution in [2.75, 3.05) is 22.7 Å². The summed E-state index contributed by atoms with van der Waals surface area (Å²) < 4.78 is 60.9. The van der Waals surface area contributed by atoms with Crippen molar-refractivity contribution in [1.29, 1.82) is 0 Å². The maximum Gasteiger partial charge on any atom is 0.289 e. The van der Waals surface area contributed by atoms with Gasteiger partial charge in [0.2, 0.25) is 0 Å². The number of sulfonamides is 2. The van der Waals surface area contributed by atoms with Crippen molar-refractivity contribution in [3.8, 4) is 5.75 Å². The molecule has 0 saturated heterocycles. The summed E-state index contributed by atoms with van der Waals surface area (Å²) in [5.74, 6) is 0.536. The number of aryl methyl sites for hydroxylation is 1. The van der Waals surface area contributed by atoms with E-state index in [9.17, 15) is 26.9 Å². The van der Waals surface area contributed by atoms with E-state index in [4.69, 9.17) is 4.74 Å². The molecule has 3 aromatic carbocycles. The number of hydrogen-bond donors (Lipinski definition) is 1. The van der Waals surface area contributed by atoms with E-state index >= 15 is 0 Å². The first-order valence-electron chi connectivity index (χ1n) is 10.2. The topological polar surface area (TPSA) is 136 Å². The van der Waals surface area contributed by atoms with Crippen LogP contribution < -0.4 is 13.8 Å². The molecule has 34 heavy (non-hydrogen) atoms. The molecule has 0 bridgehead atoms. The molecule has 0 saturated carbocycles. The number of fused-ring (bicyclic) bond motifs is 1. The number of hydrogen-bond acceptors (Lipinski definition) is 7. The molecular weight excluding hydrogens is 482 g/mol. The third-order valence-electron chi connectivity index (χ3n) is 5.41. The van der Waals surface area contributed by atoms with Crippen molar-refractivity contribution in [3.05, 3.63) is 82.4 Å². The highest BCUT2D eigenvalue weighted by molar-refractivity contribution is 7.93. The molecule has 12 heteroatoms. The number of para-hydroxylation sites is 1. The van der Waals surface area contributed by atoms with Gasteiger partial charge < -0.3 is 4.74 Å². The van der Waals surface area contributed by atoms with E-state index in [0.29, 0.717) is 29.8 Å². The van der Waals surface area contributed by atoms with E-state index in [1.165, 1.54) is 47.8 Å². The van der Waals surface area contributed by atoms with Crippen LogP contribution in [0.4, 0.5) is 17.1 Å². The first-order valence-corrected chi connectivity index (χ1v) is 13.1. The van der Waals surface area contributed by atoms with Crippen LogP contribution in [0, 0.1) is 10.1 Å². The molecule has 0 spiro atoms. The largest absolute Gasteiger partial charge is 0.497 e. The Balaban J connectivity index is 1.65. The molecular formula is C22H21N3O7S2. The maximum atomic E-state index is 13.3. The van der Waals surface area contributed by atoms with E-state index in [1.807, 2.05) is 0 Å². The Morgan fingerprint density at radius 1 is 1.00 bits per heavy atom. The van der Waals surface area contributed by atoms with Crippen LogP contribution in [-0.2, 0) is 26.5 Å². The number of methoxy groups -OCH3 is 1. The van der Waals surface area contributed by atoms with Crippen LogP contribution in [0.2, 0.25) is 0 Å². The van der Waals surface area contributed by atoms with Crippen molar-refractivity contribution in [3.63, 3.8) is 0 Å². The molecule has 4 rings (SSSR count). The Bertz CT molecular complexity index is 1450. The van der Waals surface area contributed by atoms with Crippen LogP contribution in [-0.4, -0.2) is 35.4 Å². The fourth-order valence-electron chi connectivity index (χ4n) is 3.80. The highest BCUT2D eigenvalue weighted by Gasteiger charge is 2.30. The van der Waals surface area contributed by atoms with Crippen LogP contribution in [0.5, 0.6) is 5.75 Å². The van der Waals surface area contributed by atoms with Crippen LogP contribution >= 0.6 is 0 Å². The molecule has 0 fully saturated rings. The minimum atomic E-state index is -4.24. The summed E-state index contributed by atoms with van der Waals surface area (Å²) >= 11 is 0. The Morgan fingerprint density at radius 3 is 2.38 bits per heavy atom. The monoisotopic (exact) mass is 503 g/mol. The molecule has 10 nitrogen and oxygen atoms in total. The highest BCUT2D eigenvalue weighted by Crippen LogP contribution is 2.35. The van der Waals surface area contributed by atoms with Gasteiger partial charge in [0.15, 0.2) is 4.90 Å². The van der Waals surface area contributed by atoms with Crippen molar-refractivity contribution < 1.29 is 26.5 Å². The predicted octanol–water partition coefficient (Wildman–Crippen LogP) is 3.55. The van der Waals surface area contributed by atoms with Crippen molar-refractivity contribution in [2.45, 2.75) is 22.6 Å². The van der Waals surface area contributed by atoms with Crippen LogP contribution in [0.25, 0.3) is 0 Å². The van der Waals surface area contributed by atoms with Gasteiger partial charge in [-0.2, -0.15) is 0 Å². The van der Waals surface area contributed by atoms with Gasteiger partial charge in [0.05, 0.1) is 22.6 Å². The number of ether oxygens (including phenoxy) is 1. The summed E-state index contributed by atoms with van der Waals surface area (Å²) in [5.41, 5.74) is 0.743. The van der Waals surface area contributed by atoms with E-state index in [0.717, 1.165) is 12.1 Å². The molecule has 0 atom stereocenters. The molecule has 1 N–H and O–H groups in total. The molecule has 0 amide bonds. The van der Waals surface area contributed by atoms with E-state index in [-0.39, 0.29) is 17.1 Å². The lowest BCUT2D eigenvalue weighted by Gasteiger charge is -2.31. The number of anilines is 2. The van der Waals surface area contributed by atoms with Gasteiger partial charge >= 0.3 is 0 Å². The number of nitro groups is 1. The summed E-state index contributed by atoms with van der Waals surface area (Å²) in [6.45, 7) is 0.280. The Labute approximate surface area is 197 Å². The first-order chi connectivity index (χ1) is 16.1. The number of rotatable bonds is 7. The van der Waals surface area contributed by atoms with Gasteiger partial charge in [-0.3, -0.25) is 19.1 Å². The second-order valence-corrected chi connectivity index (χ2v) is 11.0. The molecule has 0 unspecified atom stereocenters. The van der Waals surface area contributed by atoms with Crippen LogP contribution in [0.15, 0.2) is 76.5 Å². The Hall–Kier alpha value is -3.64. The Morgan fingerprint density at radius 2 is 1.71 bits per heavy atom. The molecule has 178 valence electrons. The van der Waals surface area contributed by atoms with E-state index < -0.39 is 35.6 Å². The zero-order valence-electron chi connectivity index (χ0n) is 18.0. The predicted molar refractivity (Wildman–Crippen MR) is 126 cm³/mol. The smallest absolute Gasteiger partial charge is 0.289 e. The molecule has 0 radical (unpaired) electrons. The molecule has 1 aliphatic heterocycles. The Kier molecular flexibility index (Phi) is 6.19. The zero-order chi connectivity index (χ0) is 24.5. The normalized spacial score (nSPS) is 13.7. The van der Waals surface area contributed by atoms with Gasteiger partial charge in [0.1, 0.15) is 5.75 Å². The fraction of sp³-hybridized carbons (Fsp3) is 0.182. The zero-order valence-corrected chi connectivity index (χ0v) is 19.7. The SMILES string of the molecule is COc1ccc(S(=O)(=O)N2CCCc3cc(NS(=O)(=O)c4ccccc4[N+](=O)[O-])ccc32)cc1. The minimum Gasteiger partial charge on any atom is -0.497 e. The number of nitrogens with one attached hydrogen (secondary N) is 1. The lowest BCUT2D eigenvalue weighted by atomic mass is 10.0. The van der Waals surface area contributed by atoms with Crippen LogP contribution in [0.1, 0.15) is 12.0 Å². The second kappa shape index (κ2) is 8.95. The second-order valence-electron chi connectivity index (χ2n) is 7.53. The molecule has 3 aromatic rings. The molecule has 1 aliphatic rings. The molecule has 0 aromatic heterocycles. The molecule has 0 aliphatic carbocycles. The van der Waals surface area contributed by atoms with Gasteiger partial charge in [-0.1, -0.05) is 12.1 Å². The average Bonchev–Trinajstić information content (AvgIpc) is 2.83. The molecule has 1 heterocycles. The summed E-state index contributed by atoms with van der Waals surface area (Å²) in [5, 5.41) is 11.2. The minimum absolute atomic E-state index is 0.113. The third kappa shape index (κ3) is 4.41. The van der Waals surface area contributed by atoms with Crippen LogP contribution in [0.3, 0.4) is 0 Å². The quantitative estimate of drug-likeness (QED) is 0.385. The number of benzene rings is 3. The van der Waals surface area contributed by atoms with Crippen molar-refractivity contribution >= 4 is 37.1 Å². The van der Waals surface area contributed by atoms with Crippen molar-refractivity contribution in [1.82, 2.24) is 0 Å². The standard InChI is InChI=1S/C22H21N3O7S2/c1-32-18-9-11-19(12-10-18)34(30,31)24-14-4-5-16-15-17(8-13-20(16)24)23-33(28,29)22-7-3-2-6-21(22)25(26)27/h2-3,6-13,15,23H,4-5,14H2,1H3. The highest BCUT2D eigenvalue weighted by atomic mass is 32.2. The summed E-state index contributed by atoms with van der Waals surface area (Å²) in [6.07, 6.45) is 1.09. The van der Waals surface area contributed by atoms with E-state index in [1.54, 1.807) is 18.2 Å². The van der Waals surface area contributed by atoms with Gasteiger partial charge in [-0.25, -0.2) is 16.8 Å². The summed E-state index contributed by atoms with van der Waals surface area (Å²) in [4.78, 5) is 10.1. The third-order valence-corrected chi connectivity index (χ3v) is 8.66. The lowest BCUT2D eigenvalue weighted by Crippen LogP contribution is -2.35. The van der Waals surface area contributed by atoms with Gasteiger partial charge in [0, 0.05) is 18.3 Å². The number of nitrogens with zero attached hydrogens (tertiary/aromatic N) is 2. The maximum absolute atomic E-state index is 13.3. The number of nitro benzene ring substituents is 1. The van der Waals surface area contributed by atoms with Gasteiger partial charge in [-0.15, -0.1) is 0 Å². The average molecular weight is 504 g/mol. The summed E-state index contributed by atoms with van der Waals surface area (Å²) in [6, 6.07) is 15.7. The van der Waals surface area contributed by atoms with Gasteiger partial charge in [-0.05, 0) is 66.9 Å². The lowest BCUT2D eigenvalue weighted by molar-refractivity contribution is -0.387. The summed E-state index contributed by atoms with van der Waals surface area (Å²) in [7, 11) is -6.59. The van der Waals surface area contributed by atoms with Crippen molar-refractivity contribution in [2.24, 2.45) is 0 Å².